The van der Waals surface area contributed by atoms with Gasteiger partial charge in [0, 0.05) is 62.5 Å². The van der Waals surface area contributed by atoms with E-state index in [9.17, 15) is 9.59 Å². The largest absolute Gasteiger partial charge is 0.342 e. The van der Waals surface area contributed by atoms with Gasteiger partial charge in [-0.25, -0.2) is 0 Å². The Bertz CT molecular complexity index is 1020. The van der Waals surface area contributed by atoms with Crippen LogP contribution in [-0.2, 0) is 31.4 Å². The number of aromatic nitrogens is 3. The first kappa shape index (κ1) is 20.8. The minimum atomic E-state index is 0.137. The second-order valence-electron chi connectivity index (χ2n) is 9.31. The van der Waals surface area contributed by atoms with Crippen molar-refractivity contribution < 1.29 is 4.79 Å². The maximum absolute atomic E-state index is 13.0. The fourth-order valence-corrected chi connectivity index (χ4v) is 5.23. The number of likely N-dealkylation sites (tertiary alicyclic amines) is 1. The van der Waals surface area contributed by atoms with Gasteiger partial charge in [0.1, 0.15) is 0 Å². The Kier molecular flexibility index (Phi) is 5.57. The lowest BCUT2D eigenvalue weighted by molar-refractivity contribution is -0.133. The molecule has 7 heteroatoms. The molecular weight excluding hydrogens is 378 g/mol. The van der Waals surface area contributed by atoms with Crippen molar-refractivity contribution in [2.24, 2.45) is 13.0 Å². The van der Waals surface area contributed by atoms with Crippen LogP contribution in [0.25, 0.3) is 0 Å². The number of rotatable bonds is 5. The number of carbonyl (C=O) groups excluding carboxylic acids is 1. The normalized spacial score (nSPS) is 20.5. The Balaban J connectivity index is 1.47. The SMILES string of the molecule is Cc1nn(C)c(C)c1CCC(=O)N1C[C@@H]2C[C@H](C1)c1ccc(CN(C)C)c(=O)n1C2. The number of fused-ring (bicyclic) bond motifs is 4. The standard InChI is InChI=1S/C23H33N5O2/c1-15-20(16(2)26(5)24-15)7-9-22(29)27-11-17-10-19(14-27)21-8-6-18(13-25(3)4)23(30)28(21)12-17/h6,8,17,19H,7,9-14H2,1-5H3/t17-,19+/m0/s1. The number of aryl methyl sites for hydroxylation is 2. The van der Waals surface area contributed by atoms with Crippen LogP contribution in [0.2, 0.25) is 0 Å². The summed E-state index contributed by atoms with van der Waals surface area (Å²) in [7, 11) is 5.91. The zero-order valence-electron chi connectivity index (χ0n) is 18.8. The predicted octanol–water partition coefficient (Wildman–Crippen LogP) is 1.84. The molecule has 4 heterocycles. The molecule has 1 fully saturated rings. The van der Waals surface area contributed by atoms with Crippen molar-refractivity contribution in [3.05, 3.63) is 50.7 Å². The number of hydrogen-bond donors (Lipinski definition) is 0. The molecule has 7 nitrogen and oxygen atoms in total. The van der Waals surface area contributed by atoms with Gasteiger partial charge >= 0.3 is 0 Å². The minimum Gasteiger partial charge on any atom is -0.342 e. The summed E-state index contributed by atoms with van der Waals surface area (Å²) in [5.74, 6) is 0.825. The summed E-state index contributed by atoms with van der Waals surface area (Å²) in [6.45, 7) is 6.92. The third-order valence-corrected chi connectivity index (χ3v) is 6.77. The van der Waals surface area contributed by atoms with Crippen LogP contribution in [0.1, 0.15) is 47.0 Å². The molecule has 0 unspecified atom stereocenters. The third kappa shape index (κ3) is 3.83. The highest BCUT2D eigenvalue weighted by Gasteiger charge is 2.36. The first-order valence-electron chi connectivity index (χ1n) is 10.9. The molecule has 2 aromatic rings. The van der Waals surface area contributed by atoms with Crippen LogP contribution in [0.15, 0.2) is 16.9 Å². The number of amides is 1. The number of nitrogens with zero attached hydrogens (tertiary/aromatic N) is 5. The summed E-state index contributed by atoms with van der Waals surface area (Å²) < 4.78 is 3.86. The van der Waals surface area contributed by atoms with Gasteiger partial charge in [0.05, 0.1) is 5.69 Å². The van der Waals surface area contributed by atoms with Crippen molar-refractivity contribution in [2.75, 3.05) is 27.2 Å². The van der Waals surface area contributed by atoms with Gasteiger partial charge in [0.15, 0.2) is 0 Å². The van der Waals surface area contributed by atoms with Gasteiger partial charge < -0.3 is 14.4 Å². The maximum Gasteiger partial charge on any atom is 0.255 e. The van der Waals surface area contributed by atoms with Gasteiger partial charge in [-0.3, -0.25) is 14.3 Å². The number of carbonyl (C=O) groups is 1. The average molecular weight is 412 g/mol. The second-order valence-corrected chi connectivity index (χ2v) is 9.31. The maximum atomic E-state index is 13.0. The lowest BCUT2D eigenvalue weighted by atomic mass is 9.82. The molecule has 2 aliphatic heterocycles. The van der Waals surface area contributed by atoms with Crippen LogP contribution in [0.4, 0.5) is 0 Å². The Hall–Kier alpha value is -2.41. The zero-order chi connectivity index (χ0) is 21.6. The summed E-state index contributed by atoms with van der Waals surface area (Å²) in [6, 6.07) is 4.08. The van der Waals surface area contributed by atoms with Gasteiger partial charge in [-0.05, 0) is 58.3 Å². The van der Waals surface area contributed by atoms with E-state index in [0.717, 1.165) is 48.6 Å². The first-order valence-corrected chi connectivity index (χ1v) is 10.9. The molecule has 0 spiro atoms. The van der Waals surface area contributed by atoms with Gasteiger partial charge in [0.25, 0.3) is 5.56 Å². The van der Waals surface area contributed by atoms with E-state index in [0.29, 0.717) is 25.4 Å². The van der Waals surface area contributed by atoms with Crippen LogP contribution >= 0.6 is 0 Å². The monoisotopic (exact) mass is 411 g/mol. The molecule has 162 valence electrons. The molecule has 4 rings (SSSR count). The van der Waals surface area contributed by atoms with Crippen LogP contribution in [0.5, 0.6) is 0 Å². The van der Waals surface area contributed by atoms with Crippen molar-refractivity contribution in [2.45, 2.75) is 52.1 Å². The average Bonchev–Trinajstić information content (AvgIpc) is 2.93. The fourth-order valence-electron chi connectivity index (χ4n) is 5.23. The number of pyridine rings is 1. The topological polar surface area (TPSA) is 63.4 Å². The molecule has 0 aliphatic carbocycles. The molecular formula is C23H33N5O2. The number of piperidine rings is 1. The van der Waals surface area contributed by atoms with E-state index in [1.165, 1.54) is 5.56 Å². The summed E-state index contributed by atoms with van der Waals surface area (Å²) in [4.78, 5) is 30.0. The Morgan fingerprint density at radius 1 is 1.20 bits per heavy atom. The van der Waals surface area contributed by atoms with E-state index in [1.54, 1.807) is 0 Å². The van der Waals surface area contributed by atoms with Gasteiger partial charge in [-0.15, -0.1) is 0 Å². The third-order valence-electron chi connectivity index (χ3n) is 6.77. The highest BCUT2D eigenvalue weighted by atomic mass is 16.2. The van der Waals surface area contributed by atoms with Gasteiger partial charge in [0.2, 0.25) is 5.91 Å². The lowest BCUT2D eigenvalue weighted by Gasteiger charge is -2.43. The smallest absolute Gasteiger partial charge is 0.255 e. The summed E-state index contributed by atoms with van der Waals surface area (Å²) in [5, 5.41) is 4.46. The van der Waals surface area contributed by atoms with E-state index in [4.69, 9.17) is 0 Å². The van der Waals surface area contributed by atoms with Crippen molar-refractivity contribution in [3.8, 4) is 0 Å². The highest BCUT2D eigenvalue weighted by Crippen LogP contribution is 2.35. The van der Waals surface area contributed by atoms with Crippen LogP contribution in [0.3, 0.4) is 0 Å². The predicted molar refractivity (Wildman–Crippen MR) is 117 cm³/mol. The molecule has 2 aliphatic rings. The number of hydrogen-bond acceptors (Lipinski definition) is 4. The first-order chi connectivity index (χ1) is 14.2. The summed E-state index contributed by atoms with van der Waals surface area (Å²) in [5.41, 5.74) is 5.42. The van der Waals surface area contributed by atoms with Crippen molar-refractivity contribution in [1.82, 2.24) is 24.1 Å². The van der Waals surface area contributed by atoms with Crippen LogP contribution in [-0.4, -0.2) is 57.2 Å². The molecule has 2 atom stereocenters. The van der Waals surface area contributed by atoms with Crippen molar-refractivity contribution in [1.29, 1.82) is 0 Å². The summed E-state index contributed by atoms with van der Waals surface area (Å²) in [6.07, 6.45) is 2.32. The Labute approximate surface area is 178 Å². The van der Waals surface area contributed by atoms with E-state index in [1.807, 2.05) is 53.2 Å². The lowest BCUT2D eigenvalue weighted by Crippen LogP contribution is -2.49. The molecule has 2 aromatic heterocycles. The Morgan fingerprint density at radius 3 is 2.63 bits per heavy atom. The van der Waals surface area contributed by atoms with Crippen LogP contribution in [0, 0.1) is 19.8 Å². The second kappa shape index (κ2) is 8.02. The Morgan fingerprint density at radius 2 is 1.97 bits per heavy atom. The van der Waals surface area contributed by atoms with Gasteiger partial charge in [-0.1, -0.05) is 6.07 Å². The molecule has 1 amide bonds. The van der Waals surface area contributed by atoms with E-state index in [-0.39, 0.29) is 17.4 Å². The molecule has 1 saturated heterocycles. The zero-order valence-corrected chi connectivity index (χ0v) is 18.8. The van der Waals surface area contributed by atoms with Crippen molar-refractivity contribution >= 4 is 5.91 Å². The van der Waals surface area contributed by atoms with Gasteiger partial charge in [-0.2, -0.15) is 5.10 Å². The molecule has 30 heavy (non-hydrogen) atoms. The molecule has 0 N–H and O–H groups in total. The summed E-state index contributed by atoms with van der Waals surface area (Å²) >= 11 is 0. The molecule has 0 saturated carbocycles. The van der Waals surface area contributed by atoms with Crippen molar-refractivity contribution in [3.63, 3.8) is 0 Å². The molecule has 0 radical (unpaired) electrons. The molecule has 0 aromatic carbocycles. The quantitative estimate of drug-likeness (QED) is 0.753. The molecule has 2 bridgehead atoms. The van der Waals surface area contributed by atoms with E-state index >= 15 is 0 Å². The fraction of sp³-hybridized carbons (Fsp3) is 0.609. The minimum absolute atomic E-state index is 0.137. The highest BCUT2D eigenvalue weighted by molar-refractivity contribution is 5.76. The van der Waals surface area contributed by atoms with E-state index < -0.39 is 0 Å². The van der Waals surface area contributed by atoms with Crippen LogP contribution < -0.4 is 5.56 Å². The van der Waals surface area contributed by atoms with E-state index in [2.05, 4.69) is 18.1 Å².